The summed E-state index contributed by atoms with van der Waals surface area (Å²) in [5, 5.41) is 12.5. The molecule has 1 heterocycles. The Bertz CT molecular complexity index is 935. The van der Waals surface area contributed by atoms with Crippen molar-refractivity contribution in [2.75, 3.05) is 5.32 Å². The van der Waals surface area contributed by atoms with E-state index in [0.29, 0.717) is 5.75 Å². The Kier molecular flexibility index (Phi) is 5.32. The molecule has 0 fully saturated rings. The Morgan fingerprint density at radius 3 is 2.36 bits per heavy atom. The SMILES string of the molecule is CC(C)Oc1ccccc1[C@H](C)Nc1c(C#N)c(=O)n(C)c(=O)n1C. The van der Waals surface area contributed by atoms with Crippen LogP contribution in [0.25, 0.3) is 0 Å². The highest BCUT2D eigenvalue weighted by atomic mass is 16.5. The quantitative estimate of drug-likeness (QED) is 0.897. The Morgan fingerprint density at radius 2 is 1.76 bits per heavy atom. The molecule has 0 spiro atoms. The van der Waals surface area contributed by atoms with Gasteiger partial charge >= 0.3 is 5.69 Å². The number of nitriles is 1. The first kappa shape index (κ1) is 18.3. The summed E-state index contributed by atoms with van der Waals surface area (Å²) in [6.07, 6.45) is 0.0106. The second-order valence-corrected chi connectivity index (χ2v) is 6.11. The second kappa shape index (κ2) is 7.26. The van der Waals surface area contributed by atoms with Gasteiger partial charge in [-0.15, -0.1) is 0 Å². The number of nitrogens with zero attached hydrogens (tertiary/aromatic N) is 3. The number of ether oxygens (including phenoxy) is 1. The van der Waals surface area contributed by atoms with Crippen molar-refractivity contribution in [3.63, 3.8) is 0 Å². The van der Waals surface area contributed by atoms with Crippen LogP contribution >= 0.6 is 0 Å². The fourth-order valence-electron chi connectivity index (χ4n) is 2.60. The first-order valence-corrected chi connectivity index (χ1v) is 8.00. The van der Waals surface area contributed by atoms with Crippen molar-refractivity contribution >= 4 is 5.82 Å². The molecular weight excluding hydrogens is 320 g/mol. The Balaban J connectivity index is 2.50. The normalized spacial score (nSPS) is 11.9. The van der Waals surface area contributed by atoms with Gasteiger partial charge in [0.25, 0.3) is 5.56 Å². The van der Waals surface area contributed by atoms with E-state index in [0.717, 1.165) is 10.1 Å². The molecule has 7 heteroatoms. The first-order valence-electron chi connectivity index (χ1n) is 8.00. The highest BCUT2D eigenvalue weighted by Crippen LogP contribution is 2.28. The average Bonchev–Trinajstić information content (AvgIpc) is 2.58. The highest BCUT2D eigenvalue weighted by molar-refractivity contribution is 5.53. The van der Waals surface area contributed by atoms with Crippen molar-refractivity contribution in [2.45, 2.75) is 32.9 Å². The lowest BCUT2D eigenvalue weighted by Gasteiger charge is -2.22. The standard InChI is InChI=1S/C18H22N4O3/c1-11(2)25-15-9-7-6-8-13(15)12(3)20-16-14(10-19)17(23)22(5)18(24)21(16)4/h6-9,11-12,20H,1-5H3/t12-/m0/s1. The maximum Gasteiger partial charge on any atom is 0.332 e. The largest absolute Gasteiger partial charge is 0.491 e. The van der Waals surface area contributed by atoms with Crippen molar-refractivity contribution in [3.8, 4) is 11.8 Å². The summed E-state index contributed by atoms with van der Waals surface area (Å²) in [7, 11) is 2.87. The molecule has 1 aromatic carbocycles. The molecule has 0 saturated carbocycles. The summed E-state index contributed by atoms with van der Waals surface area (Å²) in [6.45, 7) is 5.76. The fraction of sp³-hybridized carbons (Fsp3) is 0.389. The minimum Gasteiger partial charge on any atom is -0.491 e. The van der Waals surface area contributed by atoms with Crippen LogP contribution in [0.5, 0.6) is 5.75 Å². The molecule has 2 aromatic rings. The first-order chi connectivity index (χ1) is 11.8. The van der Waals surface area contributed by atoms with E-state index in [2.05, 4.69) is 5.32 Å². The zero-order valence-corrected chi connectivity index (χ0v) is 15.0. The van der Waals surface area contributed by atoms with Crippen LogP contribution < -0.4 is 21.3 Å². The summed E-state index contributed by atoms with van der Waals surface area (Å²) < 4.78 is 8.01. The van der Waals surface area contributed by atoms with Crippen molar-refractivity contribution in [1.29, 1.82) is 5.26 Å². The minimum atomic E-state index is -0.619. The Labute approximate surface area is 146 Å². The maximum absolute atomic E-state index is 12.2. The van der Waals surface area contributed by atoms with E-state index in [1.165, 1.54) is 18.7 Å². The van der Waals surface area contributed by atoms with Crippen molar-refractivity contribution in [3.05, 3.63) is 56.2 Å². The van der Waals surface area contributed by atoms with Crippen molar-refractivity contribution in [1.82, 2.24) is 9.13 Å². The maximum atomic E-state index is 12.2. The molecule has 0 amide bonds. The second-order valence-electron chi connectivity index (χ2n) is 6.11. The van der Waals surface area contributed by atoms with E-state index in [-0.39, 0.29) is 23.5 Å². The molecule has 0 unspecified atom stereocenters. The molecule has 0 aliphatic carbocycles. The van der Waals surface area contributed by atoms with E-state index in [4.69, 9.17) is 4.74 Å². The van der Waals surface area contributed by atoms with Crippen LogP contribution in [0.3, 0.4) is 0 Å². The summed E-state index contributed by atoms with van der Waals surface area (Å²) in [5.74, 6) is 0.910. The van der Waals surface area contributed by atoms with Crippen LogP contribution in [-0.4, -0.2) is 15.2 Å². The van der Waals surface area contributed by atoms with E-state index >= 15 is 0 Å². The lowest BCUT2D eigenvalue weighted by molar-refractivity contribution is 0.239. The van der Waals surface area contributed by atoms with Gasteiger partial charge in [-0.3, -0.25) is 13.9 Å². The summed E-state index contributed by atoms with van der Waals surface area (Å²) >= 11 is 0. The van der Waals surface area contributed by atoms with Crippen LogP contribution in [0.1, 0.15) is 37.9 Å². The Hall–Kier alpha value is -3.01. The molecule has 132 valence electrons. The van der Waals surface area contributed by atoms with Crippen LogP contribution in [0, 0.1) is 11.3 Å². The zero-order valence-electron chi connectivity index (χ0n) is 15.0. The number of rotatable bonds is 5. The van der Waals surface area contributed by atoms with Crippen molar-refractivity contribution < 1.29 is 4.74 Å². The van der Waals surface area contributed by atoms with Crippen LogP contribution in [-0.2, 0) is 14.1 Å². The number of para-hydroxylation sites is 1. The molecule has 1 N–H and O–H groups in total. The van der Waals surface area contributed by atoms with Gasteiger partial charge in [0.1, 0.15) is 17.6 Å². The van der Waals surface area contributed by atoms with Gasteiger partial charge < -0.3 is 10.1 Å². The van der Waals surface area contributed by atoms with E-state index in [1.54, 1.807) is 0 Å². The smallest absolute Gasteiger partial charge is 0.332 e. The van der Waals surface area contributed by atoms with Gasteiger partial charge in [-0.1, -0.05) is 18.2 Å². The number of hydrogen-bond donors (Lipinski definition) is 1. The van der Waals surface area contributed by atoms with Crippen LogP contribution in [0.4, 0.5) is 5.82 Å². The molecule has 25 heavy (non-hydrogen) atoms. The predicted octanol–water partition coefficient (Wildman–Crippen LogP) is 1.92. The molecule has 0 aliphatic rings. The predicted molar refractivity (Wildman–Crippen MR) is 95.9 cm³/mol. The van der Waals surface area contributed by atoms with Gasteiger partial charge in [0.2, 0.25) is 0 Å². The highest BCUT2D eigenvalue weighted by Gasteiger charge is 2.19. The molecule has 1 atom stereocenters. The minimum absolute atomic E-state index is 0.0106. The molecular formula is C18H22N4O3. The molecule has 0 saturated heterocycles. The van der Waals surface area contributed by atoms with E-state index in [9.17, 15) is 14.9 Å². The van der Waals surface area contributed by atoms with Gasteiger partial charge in [-0.2, -0.15) is 5.26 Å². The van der Waals surface area contributed by atoms with Gasteiger partial charge in [0.05, 0.1) is 12.1 Å². The van der Waals surface area contributed by atoms with E-state index in [1.807, 2.05) is 51.1 Å². The van der Waals surface area contributed by atoms with Crippen molar-refractivity contribution in [2.24, 2.45) is 14.1 Å². The molecule has 0 aliphatic heterocycles. The summed E-state index contributed by atoms with van der Waals surface area (Å²) in [5.41, 5.74) is -0.343. The van der Waals surface area contributed by atoms with Crippen LogP contribution in [0.2, 0.25) is 0 Å². The molecule has 0 bridgehead atoms. The zero-order chi connectivity index (χ0) is 18.7. The molecule has 0 radical (unpaired) electrons. The summed E-state index contributed by atoms with van der Waals surface area (Å²) in [4.78, 5) is 24.3. The number of hydrogen-bond acceptors (Lipinski definition) is 5. The van der Waals surface area contributed by atoms with Gasteiger partial charge in [0.15, 0.2) is 5.56 Å². The number of benzene rings is 1. The van der Waals surface area contributed by atoms with Gasteiger partial charge in [-0.25, -0.2) is 4.79 Å². The topological polar surface area (TPSA) is 89.1 Å². The Morgan fingerprint density at radius 1 is 1.12 bits per heavy atom. The summed E-state index contributed by atoms with van der Waals surface area (Å²) in [6, 6.07) is 9.14. The molecule has 1 aromatic heterocycles. The van der Waals surface area contributed by atoms with Gasteiger partial charge in [-0.05, 0) is 26.8 Å². The molecule has 2 rings (SSSR count). The third-order valence-electron chi connectivity index (χ3n) is 3.88. The lowest BCUT2D eigenvalue weighted by Crippen LogP contribution is -2.40. The lowest BCUT2D eigenvalue weighted by atomic mass is 10.1. The van der Waals surface area contributed by atoms with Gasteiger partial charge in [0, 0.05) is 19.7 Å². The number of nitrogens with one attached hydrogen (secondary N) is 1. The number of anilines is 1. The van der Waals surface area contributed by atoms with E-state index < -0.39 is 11.2 Å². The third-order valence-corrected chi connectivity index (χ3v) is 3.88. The molecule has 7 nitrogen and oxygen atoms in total. The average molecular weight is 342 g/mol. The van der Waals surface area contributed by atoms with Crippen LogP contribution in [0.15, 0.2) is 33.9 Å². The number of aromatic nitrogens is 2. The monoisotopic (exact) mass is 342 g/mol. The third kappa shape index (κ3) is 3.58. The fourth-order valence-corrected chi connectivity index (χ4v) is 2.60.